The maximum absolute atomic E-state index is 12.2. The zero-order valence-electron chi connectivity index (χ0n) is 8.44. The van der Waals surface area contributed by atoms with Gasteiger partial charge in [-0.3, -0.25) is 4.79 Å². The van der Waals surface area contributed by atoms with Crippen LogP contribution in [0.25, 0.3) is 10.9 Å². The summed E-state index contributed by atoms with van der Waals surface area (Å²) in [6.45, 7) is 0. The van der Waals surface area contributed by atoms with Gasteiger partial charge in [-0.1, -0.05) is 27.5 Å². The van der Waals surface area contributed by atoms with Crippen LogP contribution >= 0.6 is 27.5 Å². The summed E-state index contributed by atoms with van der Waals surface area (Å²) in [4.78, 5) is 15.5. The fourth-order valence-corrected chi connectivity index (χ4v) is 3.18. The van der Waals surface area contributed by atoms with Gasteiger partial charge >= 0.3 is 0 Å². The first-order chi connectivity index (χ1) is 7.66. The molecule has 2 aromatic rings. The highest BCUT2D eigenvalue weighted by molar-refractivity contribution is 9.10. The molecule has 16 heavy (non-hydrogen) atoms. The molecule has 3 rings (SSSR count). The van der Waals surface area contributed by atoms with Gasteiger partial charge < -0.3 is 4.98 Å². The lowest BCUT2D eigenvalue weighted by molar-refractivity contribution is 0.900. The van der Waals surface area contributed by atoms with Crippen LogP contribution in [0.4, 0.5) is 0 Å². The molecule has 0 bridgehead atoms. The van der Waals surface area contributed by atoms with E-state index in [2.05, 4.69) is 20.9 Å². The van der Waals surface area contributed by atoms with Crippen molar-refractivity contribution in [1.82, 2.24) is 4.98 Å². The van der Waals surface area contributed by atoms with Gasteiger partial charge in [0.2, 0.25) is 0 Å². The van der Waals surface area contributed by atoms with E-state index in [0.717, 1.165) is 40.5 Å². The van der Waals surface area contributed by atoms with Crippen LogP contribution in [-0.2, 0) is 12.8 Å². The average molecular weight is 299 g/mol. The molecule has 0 aliphatic heterocycles. The van der Waals surface area contributed by atoms with Crippen LogP contribution in [0.15, 0.2) is 21.4 Å². The van der Waals surface area contributed by atoms with Gasteiger partial charge in [0.25, 0.3) is 0 Å². The van der Waals surface area contributed by atoms with Gasteiger partial charge in [-0.15, -0.1) is 0 Å². The van der Waals surface area contributed by atoms with Crippen LogP contribution in [0.3, 0.4) is 0 Å². The molecule has 0 spiro atoms. The topological polar surface area (TPSA) is 32.9 Å². The van der Waals surface area contributed by atoms with Gasteiger partial charge in [0.05, 0.1) is 10.5 Å². The third kappa shape index (κ3) is 1.42. The van der Waals surface area contributed by atoms with E-state index in [0.29, 0.717) is 10.4 Å². The Morgan fingerprint density at radius 1 is 1.31 bits per heavy atom. The van der Waals surface area contributed by atoms with Gasteiger partial charge in [0, 0.05) is 21.1 Å². The minimum absolute atomic E-state index is 0.129. The normalized spacial score (nSPS) is 14.4. The zero-order chi connectivity index (χ0) is 11.3. The lowest BCUT2D eigenvalue weighted by Gasteiger charge is -2.06. The number of benzene rings is 1. The number of H-pyrrole nitrogens is 1. The summed E-state index contributed by atoms with van der Waals surface area (Å²) in [5.74, 6) is 0. The first kappa shape index (κ1) is 10.4. The second kappa shape index (κ2) is 3.60. The molecule has 1 aliphatic carbocycles. The predicted molar refractivity (Wildman–Crippen MR) is 69.3 cm³/mol. The average Bonchev–Trinajstić information content (AvgIpc) is 2.68. The molecule has 1 aliphatic rings. The summed E-state index contributed by atoms with van der Waals surface area (Å²) in [7, 11) is 0. The summed E-state index contributed by atoms with van der Waals surface area (Å²) in [6, 6.07) is 3.64. The van der Waals surface area contributed by atoms with Crippen LogP contribution < -0.4 is 5.43 Å². The maximum Gasteiger partial charge on any atom is 0.192 e. The van der Waals surface area contributed by atoms with Crippen molar-refractivity contribution in [2.75, 3.05) is 0 Å². The van der Waals surface area contributed by atoms with Gasteiger partial charge in [-0.2, -0.15) is 0 Å². The molecular weight excluding hydrogens is 289 g/mol. The molecular formula is C12H9BrClNO. The van der Waals surface area contributed by atoms with Gasteiger partial charge in [0.1, 0.15) is 0 Å². The Morgan fingerprint density at radius 3 is 2.94 bits per heavy atom. The molecule has 1 heterocycles. The molecule has 0 atom stereocenters. The molecule has 4 heteroatoms. The first-order valence-corrected chi connectivity index (χ1v) is 6.36. The van der Waals surface area contributed by atoms with Crippen molar-refractivity contribution >= 4 is 38.4 Å². The number of hydrogen-bond acceptors (Lipinski definition) is 1. The number of aromatic amines is 1. The second-order valence-corrected chi connectivity index (χ2v) is 5.40. The fourth-order valence-electron chi connectivity index (χ4n) is 2.33. The van der Waals surface area contributed by atoms with Crippen molar-refractivity contribution in [1.29, 1.82) is 0 Å². The van der Waals surface area contributed by atoms with E-state index in [1.807, 2.05) is 6.07 Å². The smallest absolute Gasteiger partial charge is 0.192 e. The van der Waals surface area contributed by atoms with E-state index in [1.165, 1.54) is 0 Å². The summed E-state index contributed by atoms with van der Waals surface area (Å²) in [5, 5.41) is 1.27. The van der Waals surface area contributed by atoms with Crippen LogP contribution in [0.1, 0.15) is 17.7 Å². The first-order valence-electron chi connectivity index (χ1n) is 5.19. The lowest BCUT2D eigenvalue weighted by atomic mass is 10.1. The summed E-state index contributed by atoms with van der Waals surface area (Å²) in [5.41, 5.74) is 2.88. The number of pyridine rings is 1. The molecule has 0 unspecified atom stereocenters. The second-order valence-electron chi connectivity index (χ2n) is 4.07. The molecule has 0 radical (unpaired) electrons. The minimum Gasteiger partial charge on any atom is -0.357 e. The van der Waals surface area contributed by atoms with Gasteiger partial charge in [-0.25, -0.2) is 0 Å². The maximum atomic E-state index is 12.2. The SMILES string of the molecule is O=c1c2c([nH]c3c(Cl)cc(Br)cc13)CCC2. The van der Waals surface area contributed by atoms with E-state index >= 15 is 0 Å². The number of aromatic nitrogens is 1. The van der Waals surface area contributed by atoms with Crippen LogP contribution in [0.2, 0.25) is 5.02 Å². The van der Waals surface area contributed by atoms with E-state index < -0.39 is 0 Å². The Labute approximate surface area is 106 Å². The number of hydrogen-bond donors (Lipinski definition) is 1. The number of nitrogens with one attached hydrogen (secondary N) is 1. The van der Waals surface area contributed by atoms with E-state index in [1.54, 1.807) is 6.07 Å². The highest BCUT2D eigenvalue weighted by Gasteiger charge is 2.18. The van der Waals surface area contributed by atoms with Crippen LogP contribution in [-0.4, -0.2) is 4.98 Å². The Bertz CT molecular complexity index is 647. The molecule has 1 N–H and O–H groups in total. The lowest BCUT2D eigenvalue weighted by Crippen LogP contribution is -2.10. The highest BCUT2D eigenvalue weighted by atomic mass is 79.9. The number of rotatable bonds is 0. The van der Waals surface area contributed by atoms with Gasteiger partial charge in [-0.05, 0) is 31.4 Å². The Hall–Kier alpha value is -0.800. The molecule has 82 valence electrons. The Kier molecular flexibility index (Phi) is 2.33. The number of fused-ring (bicyclic) bond motifs is 2. The van der Waals surface area contributed by atoms with E-state index in [9.17, 15) is 4.79 Å². The largest absolute Gasteiger partial charge is 0.357 e. The standard InChI is InChI=1S/C12H9BrClNO/c13-6-4-8-11(9(14)5-6)15-10-3-1-2-7(10)12(8)16/h4-5H,1-3H2,(H,15,16). The molecule has 0 saturated carbocycles. The minimum atomic E-state index is 0.129. The summed E-state index contributed by atoms with van der Waals surface area (Å²) >= 11 is 9.50. The third-order valence-electron chi connectivity index (χ3n) is 3.07. The van der Waals surface area contributed by atoms with Crippen LogP contribution in [0.5, 0.6) is 0 Å². The third-order valence-corrected chi connectivity index (χ3v) is 3.82. The highest BCUT2D eigenvalue weighted by Crippen LogP contribution is 2.28. The van der Waals surface area contributed by atoms with Crippen molar-refractivity contribution in [3.8, 4) is 0 Å². The quantitative estimate of drug-likeness (QED) is 0.794. The Balaban J connectivity index is 2.51. The van der Waals surface area contributed by atoms with Gasteiger partial charge in [0.15, 0.2) is 5.43 Å². The summed E-state index contributed by atoms with van der Waals surface area (Å²) < 4.78 is 0.841. The molecule has 0 fully saturated rings. The molecule has 1 aromatic carbocycles. The van der Waals surface area contributed by atoms with Crippen molar-refractivity contribution < 1.29 is 0 Å². The van der Waals surface area contributed by atoms with Crippen LogP contribution in [0, 0.1) is 0 Å². The molecule has 0 saturated heterocycles. The predicted octanol–water partition coefficient (Wildman–Crippen LogP) is 3.43. The Morgan fingerprint density at radius 2 is 2.12 bits per heavy atom. The number of halogens is 2. The molecule has 1 aromatic heterocycles. The van der Waals surface area contributed by atoms with Crippen molar-refractivity contribution in [2.24, 2.45) is 0 Å². The van der Waals surface area contributed by atoms with Crippen molar-refractivity contribution in [2.45, 2.75) is 19.3 Å². The molecule has 2 nitrogen and oxygen atoms in total. The van der Waals surface area contributed by atoms with Crippen molar-refractivity contribution in [3.63, 3.8) is 0 Å². The summed E-state index contributed by atoms with van der Waals surface area (Å²) in [6.07, 6.45) is 2.88. The zero-order valence-corrected chi connectivity index (χ0v) is 10.8. The van der Waals surface area contributed by atoms with Crippen molar-refractivity contribution in [3.05, 3.63) is 43.1 Å². The van der Waals surface area contributed by atoms with E-state index in [-0.39, 0.29) is 5.43 Å². The monoisotopic (exact) mass is 297 g/mol. The number of aryl methyl sites for hydroxylation is 1. The van der Waals surface area contributed by atoms with E-state index in [4.69, 9.17) is 11.6 Å². The molecule has 0 amide bonds. The fraction of sp³-hybridized carbons (Fsp3) is 0.250.